The first-order chi connectivity index (χ1) is 18.8. The molecule has 0 spiro atoms. The molecule has 202 valence electrons. The lowest BCUT2D eigenvalue weighted by molar-refractivity contribution is -0.123. The van der Waals surface area contributed by atoms with Crippen LogP contribution in [0.15, 0.2) is 72.9 Å². The molecular weight excluding hydrogens is 501 g/mol. The van der Waals surface area contributed by atoms with E-state index in [2.05, 4.69) is 20.9 Å². The monoisotopic (exact) mass is 531 g/mol. The number of nitrogens with one attached hydrogen (secondary N) is 3. The van der Waals surface area contributed by atoms with E-state index in [0.29, 0.717) is 30.5 Å². The van der Waals surface area contributed by atoms with Crippen LogP contribution in [0.4, 0.5) is 4.39 Å². The number of hydrogen-bond donors (Lipinski definition) is 3. The summed E-state index contributed by atoms with van der Waals surface area (Å²) in [5.41, 5.74) is 1.41. The molecule has 3 N–H and O–H groups in total. The van der Waals surface area contributed by atoms with E-state index in [1.165, 1.54) is 30.2 Å². The van der Waals surface area contributed by atoms with E-state index in [0.717, 1.165) is 0 Å². The normalized spacial score (nSPS) is 19.3. The molecule has 0 radical (unpaired) electrons. The van der Waals surface area contributed by atoms with Crippen LogP contribution in [0.25, 0.3) is 0 Å². The molecule has 0 saturated heterocycles. The number of rotatable bonds is 2. The van der Waals surface area contributed by atoms with Gasteiger partial charge >= 0.3 is 0 Å². The van der Waals surface area contributed by atoms with Crippen molar-refractivity contribution in [3.8, 4) is 0 Å². The van der Waals surface area contributed by atoms with Gasteiger partial charge in [-0.2, -0.15) is 0 Å². The average Bonchev–Trinajstić information content (AvgIpc) is 2.95. The fraction of sp³-hybridized carbons (Fsp3) is 0.276. The van der Waals surface area contributed by atoms with E-state index < -0.39 is 35.6 Å². The second-order valence-electron chi connectivity index (χ2n) is 9.34. The zero-order valence-electron chi connectivity index (χ0n) is 21.5. The molecule has 2 atom stereocenters. The third-order valence-corrected chi connectivity index (χ3v) is 6.41. The molecule has 4 rings (SSSR count). The first-order valence-corrected chi connectivity index (χ1v) is 12.7. The fourth-order valence-electron chi connectivity index (χ4n) is 4.30. The van der Waals surface area contributed by atoms with Crippen molar-refractivity contribution in [2.45, 2.75) is 31.8 Å². The Balaban J connectivity index is 1.66. The van der Waals surface area contributed by atoms with Crippen molar-refractivity contribution in [3.63, 3.8) is 0 Å². The van der Waals surface area contributed by atoms with Gasteiger partial charge in [-0.1, -0.05) is 42.5 Å². The van der Waals surface area contributed by atoms with Crippen molar-refractivity contribution in [2.24, 2.45) is 0 Å². The van der Waals surface area contributed by atoms with Crippen LogP contribution < -0.4 is 16.0 Å². The highest BCUT2D eigenvalue weighted by molar-refractivity contribution is 5.98. The summed E-state index contributed by atoms with van der Waals surface area (Å²) in [5.74, 6) is -2.77. The third kappa shape index (κ3) is 7.25. The number of carbonyl (C=O) groups is 4. The molecule has 2 heterocycles. The van der Waals surface area contributed by atoms with Crippen molar-refractivity contribution in [1.82, 2.24) is 25.8 Å². The summed E-state index contributed by atoms with van der Waals surface area (Å²) >= 11 is 0. The maximum absolute atomic E-state index is 14.5. The Labute approximate surface area is 225 Å². The van der Waals surface area contributed by atoms with Crippen LogP contribution in [0.2, 0.25) is 0 Å². The quantitative estimate of drug-likeness (QED) is 0.469. The van der Waals surface area contributed by atoms with E-state index in [1.54, 1.807) is 48.5 Å². The fourth-order valence-corrected chi connectivity index (χ4v) is 4.30. The molecule has 2 bridgehead atoms. The lowest BCUT2D eigenvalue weighted by Gasteiger charge is -2.29. The summed E-state index contributed by atoms with van der Waals surface area (Å²) in [4.78, 5) is 57.8. The number of aryl methyl sites for hydroxylation is 1. The van der Waals surface area contributed by atoms with Gasteiger partial charge in [0.25, 0.3) is 11.8 Å². The van der Waals surface area contributed by atoms with Gasteiger partial charge in [-0.15, -0.1) is 0 Å². The molecule has 1 aliphatic heterocycles. The number of carbonyl (C=O) groups excluding carboxylic acids is 4. The minimum absolute atomic E-state index is 0.0331. The van der Waals surface area contributed by atoms with E-state index in [1.807, 2.05) is 6.07 Å². The summed E-state index contributed by atoms with van der Waals surface area (Å²) in [5, 5.41) is 8.26. The largest absolute Gasteiger partial charge is 0.355 e. The highest BCUT2D eigenvalue weighted by Gasteiger charge is 2.27. The minimum atomic E-state index is -1.01. The van der Waals surface area contributed by atoms with E-state index >= 15 is 0 Å². The minimum Gasteiger partial charge on any atom is -0.355 e. The Morgan fingerprint density at radius 2 is 1.77 bits per heavy atom. The molecule has 39 heavy (non-hydrogen) atoms. The molecule has 0 unspecified atom stereocenters. The number of benzene rings is 2. The smallest absolute Gasteiger partial charge is 0.272 e. The van der Waals surface area contributed by atoms with Gasteiger partial charge in [0.1, 0.15) is 17.6 Å². The molecule has 1 aliphatic rings. The van der Waals surface area contributed by atoms with Gasteiger partial charge in [-0.25, -0.2) is 4.39 Å². The lowest BCUT2D eigenvalue weighted by Crippen LogP contribution is -2.50. The number of nitrogens with zero attached hydrogens (tertiary/aromatic N) is 2. The van der Waals surface area contributed by atoms with Crippen molar-refractivity contribution in [1.29, 1.82) is 0 Å². The molecule has 2 aromatic carbocycles. The molecular formula is C29H30FN5O4. The van der Waals surface area contributed by atoms with Crippen LogP contribution in [-0.4, -0.2) is 59.2 Å². The Kier molecular flexibility index (Phi) is 8.98. The summed E-state index contributed by atoms with van der Waals surface area (Å²) < 4.78 is 14.5. The van der Waals surface area contributed by atoms with Crippen molar-refractivity contribution in [2.75, 3.05) is 19.6 Å². The number of fused-ring (bicyclic) bond motifs is 2. The highest BCUT2D eigenvalue weighted by atomic mass is 19.1. The van der Waals surface area contributed by atoms with Gasteiger partial charge in [0.15, 0.2) is 0 Å². The first kappa shape index (κ1) is 27.4. The number of amides is 4. The predicted octanol–water partition coefficient (Wildman–Crippen LogP) is 2.40. The third-order valence-electron chi connectivity index (χ3n) is 6.41. The van der Waals surface area contributed by atoms with Gasteiger partial charge in [-0.05, 0) is 55.2 Å². The Bertz CT molecular complexity index is 1340. The van der Waals surface area contributed by atoms with Gasteiger partial charge in [0, 0.05) is 19.3 Å². The zero-order chi connectivity index (χ0) is 27.8. The molecule has 10 heteroatoms. The van der Waals surface area contributed by atoms with Crippen LogP contribution in [-0.2, 0) is 16.0 Å². The second kappa shape index (κ2) is 12.8. The van der Waals surface area contributed by atoms with Gasteiger partial charge in [-0.3, -0.25) is 24.2 Å². The molecule has 0 fully saturated rings. The lowest BCUT2D eigenvalue weighted by atomic mass is 10.0. The molecule has 1 aromatic heterocycles. The van der Waals surface area contributed by atoms with Gasteiger partial charge < -0.3 is 20.9 Å². The molecule has 9 nitrogen and oxygen atoms in total. The van der Waals surface area contributed by atoms with E-state index in [9.17, 15) is 23.6 Å². The summed E-state index contributed by atoms with van der Waals surface area (Å²) in [6.45, 7) is 1.53. The maximum Gasteiger partial charge on any atom is 0.272 e. The topological polar surface area (TPSA) is 120 Å². The highest BCUT2D eigenvalue weighted by Crippen LogP contribution is 2.17. The number of pyridine rings is 1. The Hall–Kier alpha value is -4.60. The molecule has 3 aromatic rings. The van der Waals surface area contributed by atoms with Crippen LogP contribution >= 0.6 is 0 Å². The number of aromatic nitrogens is 1. The summed E-state index contributed by atoms with van der Waals surface area (Å²) in [6, 6.07) is 16.4. The van der Waals surface area contributed by atoms with Crippen molar-refractivity contribution in [3.05, 3.63) is 101 Å². The standard InChI is InChI=1S/C29H30FN5O4/c1-19-27(37)34-25(21-9-3-2-4-10-21)17-35(29(39)24-11-5-6-14-31-24)18-26(36)32-15-7-8-20-12-13-23(30)22(16-20)28(38)33-19/h2-6,9-14,16,19,25H,7-8,15,17-18H2,1H3,(H,32,36)(H,33,38)(H,34,37)/t19-,25-/m1/s1. The van der Waals surface area contributed by atoms with Crippen LogP contribution in [0.1, 0.15) is 51.4 Å². The van der Waals surface area contributed by atoms with Crippen molar-refractivity contribution < 1.29 is 23.6 Å². The predicted molar refractivity (Wildman–Crippen MR) is 142 cm³/mol. The first-order valence-electron chi connectivity index (χ1n) is 12.7. The van der Waals surface area contributed by atoms with E-state index in [4.69, 9.17) is 0 Å². The van der Waals surface area contributed by atoms with Gasteiger partial charge in [0.2, 0.25) is 11.8 Å². The molecule has 4 amide bonds. The average molecular weight is 532 g/mol. The number of halogens is 1. The molecule has 0 saturated carbocycles. The van der Waals surface area contributed by atoms with Crippen LogP contribution in [0.3, 0.4) is 0 Å². The zero-order valence-corrected chi connectivity index (χ0v) is 21.5. The van der Waals surface area contributed by atoms with Crippen molar-refractivity contribution >= 4 is 23.6 Å². The summed E-state index contributed by atoms with van der Waals surface area (Å²) in [7, 11) is 0. The molecule has 0 aliphatic carbocycles. The van der Waals surface area contributed by atoms with Gasteiger partial charge in [0.05, 0.1) is 18.2 Å². The summed E-state index contributed by atoms with van der Waals surface area (Å²) in [6.07, 6.45) is 2.52. The Morgan fingerprint density at radius 1 is 1.00 bits per heavy atom. The maximum atomic E-state index is 14.5. The van der Waals surface area contributed by atoms with Crippen LogP contribution in [0.5, 0.6) is 0 Å². The Morgan fingerprint density at radius 3 is 2.51 bits per heavy atom. The van der Waals surface area contributed by atoms with E-state index in [-0.39, 0.29) is 30.3 Å². The number of hydrogen-bond acceptors (Lipinski definition) is 5. The van der Waals surface area contributed by atoms with Crippen LogP contribution in [0, 0.1) is 5.82 Å². The SMILES string of the molecule is C[C@H]1NC(=O)c2cc(ccc2F)CCCNC(=O)CN(C(=O)c2ccccn2)C[C@H](c2ccccc2)NC1=O. The second-order valence-corrected chi connectivity index (χ2v) is 9.34.